The standard InChI is InChI=1S/C50H56F2N6O7/c1-28(2)38(23-43(59)63-3)46(60)57-27-50(16-17-50)24-42(57)45-54-26-41(55-45)34-12-11-32-19-31(9-10-33(32)20-34)29-5-7-30(8-6-29)36-22-40(53-25-36)44-35-13-14-37(21-35)58(44)47(61)39(56-49(62)64-4)15-18-65-48(51)52/h5-12,19-20,25-26,28,35,37-39,42,44,48H,13-18,21-24,27H2,1-4H3,(H,54,55)(H,56,62)/t35-,37+,38-,39-,42-,44-/m0/s1. The number of imidazole rings is 1. The van der Waals surface area contributed by atoms with Crippen LogP contribution >= 0.6 is 0 Å². The van der Waals surface area contributed by atoms with Gasteiger partial charge in [0.05, 0.1) is 57.1 Å². The van der Waals surface area contributed by atoms with Gasteiger partial charge >= 0.3 is 18.7 Å². The zero-order valence-corrected chi connectivity index (χ0v) is 37.2. The van der Waals surface area contributed by atoms with Crippen LogP contribution in [0.5, 0.6) is 0 Å². The smallest absolute Gasteiger partial charge is 0.407 e. The summed E-state index contributed by atoms with van der Waals surface area (Å²) in [4.78, 5) is 69.4. The number of aliphatic imine (C=N–C) groups is 1. The van der Waals surface area contributed by atoms with E-state index in [2.05, 4.69) is 75.7 Å². The van der Waals surface area contributed by atoms with Gasteiger partial charge < -0.3 is 34.3 Å². The molecule has 2 N–H and O–H groups in total. The number of hydrogen-bond donors (Lipinski definition) is 2. The number of nitrogens with one attached hydrogen (secondary N) is 2. The first-order valence-corrected chi connectivity index (χ1v) is 22.7. The number of rotatable bonds is 15. The lowest BCUT2D eigenvalue weighted by Gasteiger charge is -2.38. The summed E-state index contributed by atoms with van der Waals surface area (Å²) >= 11 is 0. The summed E-state index contributed by atoms with van der Waals surface area (Å²) < 4.78 is 39.6. The van der Waals surface area contributed by atoms with Gasteiger partial charge in [0.25, 0.3) is 0 Å². The van der Waals surface area contributed by atoms with Crippen LogP contribution in [-0.4, -0.2) is 101 Å². The number of carbonyl (C=O) groups is 4. The van der Waals surface area contributed by atoms with Crippen LogP contribution in [0.25, 0.3) is 38.7 Å². The van der Waals surface area contributed by atoms with Crippen LogP contribution in [-0.2, 0) is 28.6 Å². The maximum absolute atomic E-state index is 14.0. The van der Waals surface area contributed by atoms with Crippen LogP contribution < -0.4 is 5.32 Å². The number of nitrogens with zero attached hydrogens (tertiary/aromatic N) is 4. The Morgan fingerprint density at radius 1 is 0.908 bits per heavy atom. The van der Waals surface area contributed by atoms with Crippen molar-refractivity contribution in [2.45, 2.75) is 102 Å². The third-order valence-electron chi connectivity index (χ3n) is 14.5. The van der Waals surface area contributed by atoms with E-state index in [9.17, 15) is 28.0 Å². The largest absolute Gasteiger partial charge is 0.469 e. The molecule has 2 aliphatic carbocycles. The fourth-order valence-electron chi connectivity index (χ4n) is 10.7. The Kier molecular flexibility index (Phi) is 12.3. The molecule has 5 aliphatic rings. The molecule has 4 aromatic rings. The molecular formula is C50H56F2N6O7. The van der Waals surface area contributed by atoms with Crippen LogP contribution in [0.4, 0.5) is 13.6 Å². The number of alkyl carbamates (subject to hydrolysis) is 1. The molecule has 3 amide bonds. The molecular weight excluding hydrogens is 835 g/mol. The number of H-pyrrole nitrogens is 1. The van der Waals surface area contributed by atoms with Crippen LogP contribution in [0.15, 0.2) is 78.1 Å². The molecule has 3 aromatic carbocycles. The van der Waals surface area contributed by atoms with Crippen molar-refractivity contribution in [1.29, 1.82) is 0 Å². The number of ether oxygens (including phenoxy) is 3. The molecule has 342 valence electrons. The molecule has 3 aliphatic heterocycles. The Bertz CT molecular complexity index is 2530. The normalized spacial score (nSPS) is 22.7. The number of aromatic nitrogens is 2. The minimum atomic E-state index is -2.98. The van der Waals surface area contributed by atoms with E-state index in [-0.39, 0.29) is 66.0 Å². The molecule has 13 nitrogen and oxygen atoms in total. The molecule has 4 fully saturated rings. The Morgan fingerprint density at radius 2 is 1.62 bits per heavy atom. The molecule has 0 radical (unpaired) electrons. The fourth-order valence-corrected chi connectivity index (χ4v) is 10.7. The molecule has 15 heteroatoms. The number of likely N-dealkylation sites (tertiary alicyclic amines) is 2. The van der Waals surface area contributed by atoms with E-state index < -0.39 is 31.3 Å². The lowest BCUT2D eigenvalue weighted by molar-refractivity contribution is -0.148. The van der Waals surface area contributed by atoms with Crippen molar-refractivity contribution in [2.24, 2.45) is 28.2 Å². The maximum atomic E-state index is 14.0. The number of fused-ring (bicyclic) bond motifs is 3. The number of hydrogen-bond acceptors (Lipinski definition) is 9. The lowest BCUT2D eigenvalue weighted by Crippen LogP contribution is -2.56. The molecule has 2 saturated carbocycles. The Labute approximate surface area is 377 Å². The van der Waals surface area contributed by atoms with Crippen molar-refractivity contribution in [1.82, 2.24) is 25.1 Å². The van der Waals surface area contributed by atoms with Gasteiger partial charge in [-0.05, 0) is 101 Å². The fraction of sp³-hybridized carbons (Fsp3) is 0.480. The topological polar surface area (TPSA) is 156 Å². The third kappa shape index (κ3) is 9.03. The second-order valence-electron chi connectivity index (χ2n) is 18.8. The van der Waals surface area contributed by atoms with E-state index in [0.717, 1.165) is 94.4 Å². The third-order valence-corrected chi connectivity index (χ3v) is 14.5. The minimum absolute atomic E-state index is 0.00746. The zero-order valence-electron chi connectivity index (χ0n) is 37.2. The number of piperidine rings is 1. The number of benzene rings is 3. The quantitative estimate of drug-likeness (QED) is 0.112. The molecule has 1 aromatic heterocycles. The number of alkyl halides is 2. The highest BCUT2D eigenvalue weighted by atomic mass is 19.3. The van der Waals surface area contributed by atoms with Gasteiger partial charge in [-0.2, -0.15) is 8.78 Å². The molecule has 4 heterocycles. The SMILES string of the molecule is COC(=O)C[C@H](C(=O)N1CC2(CC2)C[C@H]1c1ncc(-c2ccc3cc(-c4ccc(C5=CN=C([C@@H]6[C@H]7CC[C@H](C7)N6C(=O)[C@H](CCOC(F)F)NC(=O)OC)C5)cc4)ccc3c2)[nH]1)C(C)C. The predicted octanol–water partition coefficient (Wildman–Crippen LogP) is 8.70. The second-order valence-corrected chi connectivity index (χ2v) is 18.8. The lowest BCUT2D eigenvalue weighted by atomic mass is 9.90. The van der Waals surface area contributed by atoms with Gasteiger partial charge in [0.1, 0.15) is 11.9 Å². The van der Waals surface area contributed by atoms with Crippen molar-refractivity contribution in [2.75, 3.05) is 27.4 Å². The number of allylic oxidation sites excluding steroid dienone is 1. The number of halogens is 2. The summed E-state index contributed by atoms with van der Waals surface area (Å²) in [6, 6.07) is 19.7. The van der Waals surface area contributed by atoms with E-state index in [0.29, 0.717) is 13.0 Å². The van der Waals surface area contributed by atoms with Crippen LogP contribution in [0.2, 0.25) is 0 Å². The summed E-state index contributed by atoms with van der Waals surface area (Å²) in [7, 11) is 2.55. The Morgan fingerprint density at radius 3 is 2.31 bits per heavy atom. The van der Waals surface area contributed by atoms with Gasteiger partial charge in [0.15, 0.2) is 0 Å². The predicted molar refractivity (Wildman–Crippen MR) is 240 cm³/mol. The highest BCUT2D eigenvalue weighted by molar-refractivity contribution is 6.04. The highest BCUT2D eigenvalue weighted by Crippen LogP contribution is 2.58. The summed E-state index contributed by atoms with van der Waals surface area (Å²) in [5.74, 6) is -0.181. The number of aromatic amines is 1. The number of esters is 1. The van der Waals surface area contributed by atoms with E-state index >= 15 is 0 Å². The van der Waals surface area contributed by atoms with Gasteiger partial charge in [-0.1, -0.05) is 62.4 Å². The summed E-state index contributed by atoms with van der Waals surface area (Å²) in [5, 5.41) is 4.71. The van der Waals surface area contributed by atoms with Crippen molar-refractivity contribution in [3.8, 4) is 22.4 Å². The van der Waals surface area contributed by atoms with E-state index in [1.54, 1.807) is 0 Å². The van der Waals surface area contributed by atoms with Crippen molar-refractivity contribution in [3.63, 3.8) is 0 Å². The molecule has 2 bridgehead atoms. The van der Waals surface area contributed by atoms with Crippen LogP contribution in [0.1, 0.15) is 89.1 Å². The Hall–Kier alpha value is -5.96. The zero-order chi connectivity index (χ0) is 45.6. The average Bonchev–Trinajstić information content (AvgIpc) is 3.94. The Balaban J connectivity index is 0.857. The van der Waals surface area contributed by atoms with Gasteiger partial charge in [0.2, 0.25) is 11.8 Å². The first-order valence-electron chi connectivity index (χ1n) is 22.7. The van der Waals surface area contributed by atoms with E-state index in [4.69, 9.17) is 19.5 Å². The van der Waals surface area contributed by atoms with Gasteiger partial charge in [-0.3, -0.25) is 19.4 Å². The summed E-state index contributed by atoms with van der Waals surface area (Å²) in [6.07, 6.45) is 9.12. The number of methoxy groups -OCH3 is 2. The molecule has 0 unspecified atom stereocenters. The minimum Gasteiger partial charge on any atom is -0.469 e. The van der Waals surface area contributed by atoms with E-state index in [1.165, 1.54) is 14.2 Å². The number of carbonyl (C=O) groups excluding carboxylic acids is 4. The van der Waals surface area contributed by atoms with E-state index in [1.807, 2.05) is 36.0 Å². The highest BCUT2D eigenvalue weighted by Gasteiger charge is 2.55. The summed E-state index contributed by atoms with van der Waals surface area (Å²) in [6.45, 7) is 1.27. The second kappa shape index (κ2) is 18.1. The molecule has 6 atom stereocenters. The van der Waals surface area contributed by atoms with Crippen molar-refractivity contribution in [3.05, 3.63) is 84.4 Å². The molecule has 2 saturated heterocycles. The first kappa shape index (κ1) is 44.3. The van der Waals surface area contributed by atoms with Gasteiger partial charge in [-0.25, -0.2) is 9.78 Å². The molecule has 65 heavy (non-hydrogen) atoms. The number of amides is 3. The van der Waals surface area contributed by atoms with Crippen LogP contribution in [0, 0.1) is 23.2 Å². The maximum Gasteiger partial charge on any atom is 0.407 e. The molecule has 9 rings (SSSR count). The van der Waals surface area contributed by atoms with Gasteiger partial charge in [0, 0.05) is 42.9 Å². The molecule has 1 spiro atoms. The average molecular weight is 891 g/mol. The monoisotopic (exact) mass is 890 g/mol. The van der Waals surface area contributed by atoms with Crippen molar-refractivity contribution < 1.29 is 42.2 Å². The van der Waals surface area contributed by atoms with Crippen molar-refractivity contribution >= 4 is 45.9 Å². The summed E-state index contributed by atoms with van der Waals surface area (Å²) in [5.41, 5.74) is 7.12. The van der Waals surface area contributed by atoms with Gasteiger partial charge in [-0.15, -0.1) is 0 Å². The van der Waals surface area contributed by atoms with Crippen LogP contribution in [0.3, 0.4) is 0 Å². The first-order chi connectivity index (χ1) is 31.3.